The van der Waals surface area contributed by atoms with Gasteiger partial charge in [-0.15, -0.1) is 0 Å². The van der Waals surface area contributed by atoms with Gasteiger partial charge >= 0.3 is 0 Å². The fourth-order valence-electron chi connectivity index (χ4n) is 4.12. The van der Waals surface area contributed by atoms with Gasteiger partial charge in [0.25, 0.3) is 17.7 Å². The van der Waals surface area contributed by atoms with Gasteiger partial charge in [-0.2, -0.15) is 0 Å². The van der Waals surface area contributed by atoms with E-state index < -0.39 is 24.0 Å². The Morgan fingerprint density at radius 3 is 2.47 bits per heavy atom. The maximum Gasteiger partial charge on any atom is 0.259 e. The molecule has 2 aromatic carbocycles. The quantitative estimate of drug-likeness (QED) is 0.335. The molecule has 0 spiro atoms. The van der Waals surface area contributed by atoms with Gasteiger partial charge in [-0.3, -0.25) is 19.8 Å². The van der Waals surface area contributed by atoms with Crippen molar-refractivity contribution in [3.05, 3.63) is 59.2 Å². The van der Waals surface area contributed by atoms with Gasteiger partial charge in [-0.1, -0.05) is 6.07 Å². The van der Waals surface area contributed by atoms with E-state index in [1.807, 2.05) is 6.92 Å². The number of aliphatic hydroxyl groups is 1. The summed E-state index contributed by atoms with van der Waals surface area (Å²) in [6.07, 6.45) is -3.16. The largest absolute Gasteiger partial charge is 0.384 e. The number of rotatable bonds is 6. The number of aryl methyl sites for hydroxylation is 1. The highest BCUT2D eigenvalue weighted by atomic mass is 16.5. The van der Waals surface area contributed by atoms with Crippen LogP contribution in [0.3, 0.4) is 0 Å². The number of amidine groups is 1. The highest BCUT2D eigenvalue weighted by Crippen LogP contribution is 2.25. The van der Waals surface area contributed by atoms with Gasteiger partial charge in [0.05, 0.1) is 19.8 Å². The Kier molecular flexibility index (Phi) is 7.63. The van der Waals surface area contributed by atoms with Crippen LogP contribution < -0.4 is 16.0 Å². The topological polar surface area (TPSA) is 158 Å². The summed E-state index contributed by atoms with van der Waals surface area (Å²) in [7, 11) is 0. The zero-order chi connectivity index (χ0) is 25.8. The Balaban J connectivity index is 1.47. The first-order chi connectivity index (χ1) is 17.3. The Bertz CT molecular complexity index is 1160. The van der Waals surface area contributed by atoms with Crippen LogP contribution in [-0.2, 0) is 19.1 Å². The number of hydrogen-bond donors (Lipinski definition) is 4. The molecular weight excluding hydrogens is 466 g/mol. The number of carbonyl (C=O) groups is 3. The molecule has 0 aromatic heterocycles. The summed E-state index contributed by atoms with van der Waals surface area (Å²) < 4.78 is 10.8. The van der Waals surface area contributed by atoms with Crippen LogP contribution in [0.25, 0.3) is 0 Å². The number of aliphatic hydroxyl groups excluding tert-OH is 1. The second-order valence-electron chi connectivity index (χ2n) is 8.61. The molecule has 0 radical (unpaired) electrons. The lowest BCUT2D eigenvalue weighted by Crippen LogP contribution is -2.55. The van der Waals surface area contributed by atoms with Crippen molar-refractivity contribution in [2.75, 3.05) is 49.7 Å². The number of benzene rings is 2. The first kappa shape index (κ1) is 25.3. The average molecular weight is 496 g/mol. The number of nitrogens with two attached hydrogens (primary N) is 1. The number of ether oxygens (including phenoxy) is 2. The van der Waals surface area contributed by atoms with E-state index in [1.54, 1.807) is 35.2 Å². The van der Waals surface area contributed by atoms with Crippen molar-refractivity contribution < 1.29 is 29.0 Å². The van der Waals surface area contributed by atoms with E-state index in [0.717, 1.165) is 5.56 Å². The van der Waals surface area contributed by atoms with Crippen LogP contribution in [0.4, 0.5) is 11.4 Å². The van der Waals surface area contributed by atoms with Crippen molar-refractivity contribution in [3.63, 3.8) is 0 Å². The number of anilines is 2. The van der Waals surface area contributed by atoms with Gasteiger partial charge in [0.2, 0.25) is 0 Å². The fraction of sp³-hybridized carbons (Fsp3) is 0.360. The van der Waals surface area contributed by atoms with Crippen LogP contribution >= 0.6 is 0 Å². The minimum atomic E-state index is -1.76. The SMILES string of the molecule is Cc1ccc(N2CCO[C@H](C(O)C(=O)Nc3ccc(C(=N)N)cc3)C2=O)cc1C(=O)N1CCOCC1. The summed E-state index contributed by atoms with van der Waals surface area (Å²) in [5.41, 5.74) is 8.04. The molecule has 2 saturated heterocycles. The maximum atomic E-state index is 13.2. The van der Waals surface area contributed by atoms with Crippen LogP contribution in [0.2, 0.25) is 0 Å². The summed E-state index contributed by atoms with van der Waals surface area (Å²) >= 11 is 0. The van der Waals surface area contributed by atoms with Gasteiger partial charge in [-0.05, 0) is 48.9 Å². The molecule has 2 aliphatic heterocycles. The predicted molar refractivity (Wildman–Crippen MR) is 132 cm³/mol. The number of amides is 3. The van der Waals surface area contributed by atoms with Crippen LogP contribution in [0.1, 0.15) is 21.5 Å². The Morgan fingerprint density at radius 1 is 1.11 bits per heavy atom. The number of nitrogens with one attached hydrogen (secondary N) is 2. The molecule has 2 atom stereocenters. The molecule has 190 valence electrons. The van der Waals surface area contributed by atoms with E-state index >= 15 is 0 Å². The zero-order valence-electron chi connectivity index (χ0n) is 19.9. The minimum absolute atomic E-state index is 0.106. The van der Waals surface area contributed by atoms with Gasteiger partial charge in [0, 0.05) is 42.1 Å². The molecule has 11 nitrogen and oxygen atoms in total. The molecule has 0 saturated carbocycles. The lowest BCUT2D eigenvalue weighted by atomic mass is 10.0. The highest BCUT2D eigenvalue weighted by Gasteiger charge is 2.39. The lowest BCUT2D eigenvalue weighted by Gasteiger charge is -2.34. The third kappa shape index (κ3) is 5.38. The van der Waals surface area contributed by atoms with E-state index in [-0.39, 0.29) is 24.9 Å². The summed E-state index contributed by atoms with van der Waals surface area (Å²) in [4.78, 5) is 42.1. The molecule has 4 rings (SSSR count). The number of nitrogens with zero attached hydrogens (tertiary/aromatic N) is 2. The van der Waals surface area contributed by atoms with Crippen molar-refractivity contribution in [1.82, 2.24) is 4.90 Å². The molecule has 1 unspecified atom stereocenters. The third-order valence-electron chi connectivity index (χ3n) is 6.20. The predicted octanol–water partition coefficient (Wildman–Crippen LogP) is 0.483. The molecule has 0 aliphatic carbocycles. The van der Waals surface area contributed by atoms with E-state index in [1.165, 1.54) is 17.0 Å². The number of hydrogen-bond acceptors (Lipinski definition) is 7. The number of morpholine rings is 2. The molecule has 2 fully saturated rings. The van der Waals surface area contributed by atoms with Gasteiger partial charge in [-0.25, -0.2) is 0 Å². The van der Waals surface area contributed by atoms with E-state index in [2.05, 4.69) is 5.32 Å². The third-order valence-corrected chi connectivity index (χ3v) is 6.20. The molecule has 36 heavy (non-hydrogen) atoms. The van der Waals surface area contributed by atoms with Crippen LogP contribution in [-0.4, -0.2) is 85.2 Å². The highest BCUT2D eigenvalue weighted by molar-refractivity contribution is 6.05. The number of carbonyl (C=O) groups excluding carboxylic acids is 3. The minimum Gasteiger partial charge on any atom is -0.384 e. The smallest absolute Gasteiger partial charge is 0.259 e. The van der Waals surface area contributed by atoms with Crippen molar-refractivity contribution in [2.45, 2.75) is 19.1 Å². The maximum absolute atomic E-state index is 13.2. The fourth-order valence-corrected chi connectivity index (χ4v) is 4.12. The van der Waals surface area contributed by atoms with Gasteiger partial charge in [0.1, 0.15) is 5.84 Å². The van der Waals surface area contributed by atoms with E-state index in [0.29, 0.717) is 48.8 Å². The molecule has 0 bridgehead atoms. The molecule has 3 amide bonds. The molecule has 11 heteroatoms. The first-order valence-electron chi connectivity index (χ1n) is 11.6. The Morgan fingerprint density at radius 2 is 1.81 bits per heavy atom. The standard InChI is InChI=1S/C25H29N5O6/c1-15-2-7-18(14-19(15)24(33)29-8-11-35-12-9-29)30-10-13-36-21(25(30)34)20(31)23(32)28-17-5-3-16(4-6-17)22(26)27/h2-7,14,20-21,31H,8-13H2,1H3,(H3,26,27)(H,28,32)/t20?,21-/m1/s1. The molecule has 5 N–H and O–H groups in total. The molecule has 2 aliphatic rings. The van der Waals surface area contributed by atoms with Crippen LogP contribution in [0, 0.1) is 12.3 Å². The summed E-state index contributed by atoms with van der Waals surface area (Å²) in [6.45, 7) is 4.11. The average Bonchev–Trinajstić information content (AvgIpc) is 2.89. The van der Waals surface area contributed by atoms with Crippen molar-refractivity contribution in [2.24, 2.45) is 5.73 Å². The Hall–Kier alpha value is -3.80. The van der Waals surface area contributed by atoms with Crippen LogP contribution in [0.15, 0.2) is 42.5 Å². The number of nitrogen functional groups attached to an aromatic ring is 1. The lowest BCUT2D eigenvalue weighted by molar-refractivity contribution is -0.150. The van der Waals surface area contributed by atoms with Crippen LogP contribution in [0.5, 0.6) is 0 Å². The van der Waals surface area contributed by atoms with Crippen molar-refractivity contribution in [1.29, 1.82) is 5.41 Å². The zero-order valence-corrected chi connectivity index (χ0v) is 19.9. The molecule has 2 aromatic rings. The summed E-state index contributed by atoms with van der Waals surface area (Å²) in [5.74, 6) is -1.63. The van der Waals surface area contributed by atoms with E-state index in [4.69, 9.17) is 20.6 Å². The Labute approximate surface area is 208 Å². The molecular formula is C25H29N5O6. The monoisotopic (exact) mass is 495 g/mol. The van der Waals surface area contributed by atoms with Crippen molar-refractivity contribution in [3.8, 4) is 0 Å². The summed E-state index contributed by atoms with van der Waals surface area (Å²) in [5, 5.41) is 20.6. The van der Waals surface area contributed by atoms with Gasteiger partial charge in [0.15, 0.2) is 12.2 Å². The normalized spacial score (nSPS) is 19.1. The first-order valence-corrected chi connectivity index (χ1v) is 11.6. The second-order valence-corrected chi connectivity index (χ2v) is 8.61. The van der Waals surface area contributed by atoms with Gasteiger partial charge < -0.3 is 35.4 Å². The molecule has 2 heterocycles. The second kappa shape index (κ2) is 10.9. The summed E-state index contributed by atoms with van der Waals surface area (Å²) in [6, 6.07) is 11.4. The van der Waals surface area contributed by atoms with Crippen molar-refractivity contribution >= 4 is 34.9 Å². The van der Waals surface area contributed by atoms with E-state index in [9.17, 15) is 19.5 Å².